The predicted molar refractivity (Wildman–Crippen MR) is 92.2 cm³/mol. The number of rotatable bonds is 6. The van der Waals surface area contributed by atoms with Gasteiger partial charge in [-0.2, -0.15) is 17.5 Å². The van der Waals surface area contributed by atoms with Crippen molar-refractivity contribution in [2.45, 2.75) is 23.2 Å². The van der Waals surface area contributed by atoms with Crippen molar-refractivity contribution >= 4 is 31.4 Å². The number of alkyl halides is 3. The molecule has 1 aromatic carbocycles. The molecule has 0 amide bonds. The normalized spacial score (nSPS) is 17.4. The molecule has 1 fully saturated rings. The molecular weight excluding hydrogens is 429 g/mol. The van der Waals surface area contributed by atoms with Gasteiger partial charge in [0.05, 0.1) is 9.82 Å². The first-order valence-corrected chi connectivity index (χ1v) is 10.8. The molecule has 2 rings (SSSR count). The quantitative estimate of drug-likeness (QED) is 0.492. The fourth-order valence-electron chi connectivity index (χ4n) is 2.74. The average molecular weight is 446 g/mol. The van der Waals surface area contributed by atoms with Gasteiger partial charge in [0.1, 0.15) is 5.69 Å². The second kappa shape index (κ2) is 7.81. The van der Waals surface area contributed by atoms with E-state index in [1.54, 1.807) is 0 Å². The maximum atomic E-state index is 12.6. The van der Waals surface area contributed by atoms with E-state index in [1.807, 2.05) is 0 Å². The molecule has 1 aliphatic rings. The van der Waals surface area contributed by atoms with Gasteiger partial charge in [-0.15, -0.1) is 0 Å². The number of nitro groups is 1. The van der Waals surface area contributed by atoms with Crippen molar-refractivity contribution < 1.29 is 34.9 Å². The summed E-state index contributed by atoms with van der Waals surface area (Å²) < 4.78 is 83.4. The Bertz CT molecular complexity index is 957. The van der Waals surface area contributed by atoms with E-state index >= 15 is 0 Å². The van der Waals surface area contributed by atoms with Crippen LogP contribution in [0.5, 0.6) is 0 Å². The van der Waals surface area contributed by atoms with Crippen molar-refractivity contribution in [2.24, 2.45) is 11.1 Å². The minimum atomic E-state index is -5.37. The zero-order valence-corrected chi connectivity index (χ0v) is 15.8. The lowest BCUT2D eigenvalue weighted by Crippen LogP contribution is -2.45. The van der Waals surface area contributed by atoms with Crippen molar-refractivity contribution in [2.75, 3.05) is 25.0 Å². The van der Waals surface area contributed by atoms with E-state index in [2.05, 4.69) is 5.32 Å². The molecule has 3 N–H and O–H groups in total. The Morgan fingerprint density at radius 1 is 1.21 bits per heavy atom. The highest BCUT2D eigenvalue weighted by Gasteiger charge is 2.50. The van der Waals surface area contributed by atoms with Crippen molar-refractivity contribution in [1.29, 1.82) is 0 Å². The maximum absolute atomic E-state index is 12.6. The highest BCUT2D eigenvalue weighted by molar-refractivity contribution is 7.90. The van der Waals surface area contributed by atoms with Gasteiger partial charge in [0.2, 0.25) is 10.0 Å². The predicted octanol–water partition coefficient (Wildman–Crippen LogP) is 1.22. The number of sulfonamides is 2. The van der Waals surface area contributed by atoms with Crippen LogP contribution in [0.25, 0.3) is 0 Å². The molecule has 0 radical (unpaired) electrons. The monoisotopic (exact) mass is 446 g/mol. The summed E-state index contributed by atoms with van der Waals surface area (Å²) in [5.41, 5.74) is -5.87. The zero-order chi connectivity index (χ0) is 21.3. The Labute approximate surface area is 158 Å². The third-order valence-corrected chi connectivity index (χ3v) is 6.82. The molecular formula is C13H17F3N4O6S2. The molecule has 1 saturated heterocycles. The first-order valence-electron chi connectivity index (χ1n) is 7.85. The third kappa shape index (κ3) is 4.89. The summed E-state index contributed by atoms with van der Waals surface area (Å²) >= 11 is 0. The second-order valence-electron chi connectivity index (χ2n) is 6.16. The van der Waals surface area contributed by atoms with Crippen LogP contribution in [0.1, 0.15) is 12.8 Å². The van der Waals surface area contributed by atoms with Crippen LogP contribution in [0.4, 0.5) is 24.5 Å². The van der Waals surface area contributed by atoms with Crippen LogP contribution in [0.2, 0.25) is 0 Å². The number of nitro benzene ring substituents is 1. The lowest BCUT2D eigenvalue weighted by atomic mass is 9.98. The fraction of sp³-hybridized carbons (Fsp3) is 0.538. The Morgan fingerprint density at radius 3 is 2.25 bits per heavy atom. The SMILES string of the molecule is NS(=O)(=O)c1ccc(NCC2CCN(S(=O)(=O)C(F)(F)F)CC2)c([N+](=O)[O-])c1. The third-order valence-electron chi connectivity index (χ3n) is 4.28. The van der Waals surface area contributed by atoms with Gasteiger partial charge in [-0.05, 0) is 30.9 Å². The molecule has 15 heteroatoms. The van der Waals surface area contributed by atoms with Gasteiger partial charge < -0.3 is 5.32 Å². The van der Waals surface area contributed by atoms with Crippen LogP contribution in [0, 0.1) is 16.0 Å². The maximum Gasteiger partial charge on any atom is 0.511 e. The minimum absolute atomic E-state index is 0.0164. The molecule has 1 heterocycles. The summed E-state index contributed by atoms with van der Waals surface area (Å²) in [6.45, 7) is -0.503. The Hall–Kier alpha value is -1.97. The van der Waals surface area contributed by atoms with Gasteiger partial charge in [0, 0.05) is 25.7 Å². The molecule has 1 aliphatic heterocycles. The molecule has 0 unspecified atom stereocenters. The fourth-order valence-corrected chi connectivity index (χ4v) is 4.26. The first-order chi connectivity index (χ1) is 12.7. The molecule has 158 valence electrons. The van der Waals surface area contributed by atoms with Gasteiger partial charge in [-0.25, -0.2) is 22.0 Å². The number of benzene rings is 1. The van der Waals surface area contributed by atoms with E-state index in [-0.39, 0.29) is 44.1 Å². The Kier molecular flexibility index (Phi) is 6.22. The molecule has 10 nitrogen and oxygen atoms in total. The number of hydrogen-bond donors (Lipinski definition) is 2. The lowest BCUT2D eigenvalue weighted by Gasteiger charge is -2.31. The van der Waals surface area contributed by atoms with Gasteiger partial charge in [-0.3, -0.25) is 10.1 Å². The van der Waals surface area contributed by atoms with Crippen molar-refractivity contribution in [3.05, 3.63) is 28.3 Å². The number of primary sulfonamides is 1. The summed E-state index contributed by atoms with van der Waals surface area (Å²) in [4.78, 5) is 9.92. The zero-order valence-electron chi connectivity index (χ0n) is 14.2. The van der Waals surface area contributed by atoms with Crippen LogP contribution in [-0.2, 0) is 20.0 Å². The van der Waals surface area contributed by atoms with Crippen LogP contribution in [0.3, 0.4) is 0 Å². The minimum Gasteiger partial charge on any atom is -0.379 e. The summed E-state index contributed by atoms with van der Waals surface area (Å²) in [6, 6.07) is 3.06. The number of anilines is 1. The highest BCUT2D eigenvalue weighted by atomic mass is 32.2. The Morgan fingerprint density at radius 2 is 1.79 bits per heavy atom. The van der Waals surface area contributed by atoms with Gasteiger partial charge in [-0.1, -0.05) is 0 Å². The average Bonchev–Trinajstić information content (AvgIpc) is 2.58. The van der Waals surface area contributed by atoms with E-state index in [0.717, 1.165) is 12.1 Å². The van der Waals surface area contributed by atoms with Crippen LogP contribution in [-0.4, -0.2) is 51.2 Å². The summed E-state index contributed by atoms with van der Waals surface area (Å²) in [5, 5.41) is 18.8. The molecule has 0 saturated carbocycles. The summed E-state index contributed by atoms with van der Waals surface area (Å²) in [7, 11) is -9.50. The van der Waals surface area contributed by atoms with E-state index in [0.29, 0.717) is 4.31 Å². The van der Waals surface area contributed by atoms with Crippen molar-refractivity contribution in [1.82, 2.24) is 4.31 Å². The molecule has 28 heavy (non-hydrogen) atoms. The number of nitrogens with one attached hydrogen (secondary N) is 1. The van der Waals surface area contributed by atoms with Crippen LogP contribution in [0.15, 0.2) is 23.1 Å². The van der Waals surface area contributed by atoms with Crippen LogP contribution < -0.4 is 10.5 Å². The van der Waals surface area contributed by atoms with E-state index in [4.69, 9.17) is 5.14 Å². The largest absolute Gasteiger partial charge is 0.511 e. The molecule has 1 aromatic rings. The van der Waals surface area contributed by atoms with Crippen LogP contribution >= 0.6 is 0 Å². The highest BCUT2D eigenvalue weighted by Crippen LogP contribution is 2.31. The van der Waals surface area contributed by atoms with E-state index < -0.39 is 41.1 Å². The van der Waals surface area contributed by atoms with Crippen molar-refractivity contribution in [3.63, 3.8) is 0 Å². The number of nitrogens with zero attached hydrogens (tertiary/aromatic N) is 2. The van der Waals surface area contributed by atoms with E-state index in [9.17, 15) is 40.1 Å². The lowest BCUT2D eigenvalue weighted by molar-refractivity contribution is -0.384. The summed E-state index contributed by atoms with van der Waals surface area (Å²) in [5.74, 6) is -0.225. The second-order valence-corrected chi connectivity index (χ2v) is 9.65. The first kappa shape index (κ1) is 22.3. The topological polar surface area (TPSA) is 153 Å². The number of halogens is 3. The number of hydrogen-bond acceptors (Lipinski definition) is 7. The summed E-state index contributed by atoms with van der Waals surface area (Å²) in [6.07, 6.45) is 0.261. The molecule has 0 bridgehead atoms. The van der Waals surface area contributed by atoms with Gasteiger partial charge in [0.15, 0.2) is 0 Å². The molecule has 0 aliphatic carbocycles. The van der Waals surface area contributed by atoms with E-state index in [1.165, 1.54) is 6.07 Å². The van der Waals surface area contributed by atoms with Crippen molar-refractivity contribution in [3.8, 4) is 0 Å². The smallest absolute Gasteiger partial charge is 0.379 e. The molecule has 0 spiro atoms. The van der Waals surface area contributed by atoms with Gasteiger partial charge >= 0.3 is 15.5 Å². The molecule has 0 atom stereocenters. The standard InChI is InChI=1S/C13H17F3N4O6S2/c14-13(15,16)28(25,26)19-5-3-9(4-6-19)8-18-11-2-1-10(27(17,23)24)7-12(11)20(21)22/h1-2,7,9,18H,3-6,8H2,(H2,17,23,24). The number of piperidine rings is 1. The van der Waals surface area contributed by atoms with Gasteiger partial charge in [0.25, 0.3) is 5.69 Å². The Balaban J connectivity index is 2.04. The number of nitrogens with two attached hydrogens (primary N) is 1. The molecule has 0 aromatic heterocycles.